The first-order valence-electron chi connectivity index (χ1n) is 8.80. The molecule has 4 rings (SSSR count). The molecule has 10 heteroatoms. The normalized spacial score (nSPS) is 12.7. The Morgan fingerprint density at radius 3 is 2.90 bits per heavy atom. The highest BCUT2D eigenvalue weighted by molar-refractivity contribution is 7.98. The first kappa shape index (κ1) is 19.2. The lowest BCUT2D eigenvalue weighted by Crippen LogP contribution is -2.30. The van der Waals surface area contributed by atoms with Gasteiger partial charge in [-0.2, -0.15) is 22.0 Å². The van der Waals surface area contributed by atoms with Gasteiger partial charge in [0.2, 0.25) is 5.91 Å². The van der Waals surface area contributed by atoms with Crippen molar-refractivity contribution in [3.63, 3.8) is 0 Å². The number of nitrogens with one attached hydrogen (secondary N) is 1. The number of hydrogen-bond acceptors (Lipinski definition) is 6. The summed E-state index contributed by atoms with van der Waals surface area (Å²) in [4.78, 5) is 24.8. The van der Waals surface area contributed by atoms with Crippen LogP contribution in [0.15, 0.2) is 35.1 Å². The van der Waals surface area contributed by atoms with Crippen LogP contribution in [0, 0.1) is 5.82 Å². The largest absolute Gasteiger partial charge is 0.496 e. The molecular formula is C19H18FN5O3S. The zero-order chi connectivity index (χ0) is 20.5. The Bertz CT molecular complexity index is 1160. The van der Waals surface area contributed by atoms with Gasteiger partial charge in [0.1, 0.15) is 23.9 Å². The standard InChI is InChI=1S/C19H18FN5O3S/c1-24-19(13-9-29-10-15(13)22-24)21-17(26)8-25-18(27)6-5-14(23-25)12-4-3-11(20)7-16(12)28-2/h3-7H,8-10H2,1-2H3,(H,21,26). The van der Waals surface area contributed by atoms with Gasteiger partial charge in [-0.05, 0) is 18.2 Å². The van der Waals surface area contributed by atoms with Gasteiger partial charge in [-0.15, -0.1) is 0 Å². The summed E-state index contributed by atoms with van der Waals surface area (Å²) in [6.45, 7) is -0.261. The third-order valence-electron chi connectivity index (χ3n) is 4.57. The summed E-state index contributed by atoms with van der Waals surface area (Å²) in [6.07, 6.45) is 0. The predicted molar refractivity (Wildman–Crippen MR) is 107 cm³/mol. The molecule has 1 aliphatic rings. The van der Waals surface area contributed by atoms with E-state index in [2.05, 4.69) is 15.5 Å². The van der Waals surface area contributed by atoms with E-state index >= 15 is 0 Å². The molecular weight excluding hydrogens is 397 g/mol. The maximum Gasteiger partial charge on any atom is 0.267 e. The second-order valence-corrected chi connectivity index (χ2v) is 7.48. The van der Waals surface area contributed by atoms with Gasteiger partial charge in [-0.25, -0.2) is 9.07 Å². The number of nitrogens with zero attached hydrogens (tertiary/aromatic N) is 4. The van der Waals surface area contributed by atoms with E-state index in [0.717, 1.165) is 27.4 Å². The molecule has 0 radical (unpaired) electrons. The minimum absolute atomic E-state index is 0.261. The van der Waals surface area contributed by atoms with Crippen LogP contribution in [0.5, 0.6) is 5.75 Å². The summed E-state index contributed by atoms with van der Waals surface area (Å²) in [7, 11) is 3.19. The molecule has 0 saturated heterocycles. The second-order valence-electron chi connectivity index (χ2n) is 6.50. The van der Waals surface area contributed by atoms with Gasteiger partial charge in [-0.1, -0.05) is 0 Å². The van der Waals surface area contributed by atoms with Crippen molar-refractivity contribution in [3.8, 4) is 17.0 Å². The van der Waals surface area contributed by atoms with Gasteiger partial charge in [0.25, 0.3) is 5.56 Å². The van der Waals surface area contributed by atoms with Crippen molar-refractivity contribution in [1.82, 2.24) is 19.6 Å². The minimum Gasteiger partial charge on any atom is -0.496 e. The van der Waals surface area contributed by atoms with Crippen molar-refractivity contribution in [2.24, 2.45) is 7.05 Å². The Morgan fingerprint density at radius 1 is 1.28 bits per heavy atom. The molecule has 0 unspecified atom stereocenters. The number of thioether (sulfide) groups is 1. The van der Waals surface area contributed by atoms with Gasteiger partial charge >= 0.3 is 0 Å². The van der Waals surface area contributed by atoms with Gasteiger partial charge in [0, 0.05) is 41.8 Å². The van der Waals surface area contributed by atoms with Crippen LogP contribution in [0.1, 0.15) is 11.3 Å². The number of hydrogen-bond donors (Lipinski definition) is 1. The summed E-state index contributed by atoms with van der Waals surface area (Å²) in [6, 6.07) is 6.86. The molecule has 3 heterocycles. The quantitative estimate of drug-likeness (QED) is 0.687. The number of ether oxygens (including phenoxy) is 1. The zero-order valence-corrected chi connectivity index (χ0v) is 16.6. The van der Waals surface area contributed by atoms with Crippen LogP contribution in [-0.4, -0.2) is 32.6 Å². The van der Waals surface area contributed by atoms with Crippen LogP contribution < -0.4 is 15.6 Å². The molecule has 29 heavy (non-hydrogen) atoms. The number of amides is 1. The van der Waals surface area contributed by atoms with E-state index in [9.17, 15) is 14.0 Å². The zero-order valence-electron chi connectivity index (χ0n) is 15.8. The third kappa shape index (κ3) is 3.75. The lowest BCUT2D eigenvalue weighted by Gasteiger charge is -2.11. The number of rotatable bonds is 5. The lowest BCUT2D eigenvalue weighted by molar-refractivity contribution is -0.117. The van der Waals surface area contributed by atoms with Crippen molar-refractivity contribution in [3.05, 3.63) is 57.8 Å². The van der Waals surface area contributed by atoms with E-state index in [4.69, 9.17) is 4.74 Å². The van der Waals surface area contributed by atoms with Crippen molar-refractivity contribution in [2.45, 2.75) is 18.1 Å². The first-order chi connectivity index (χ1) is 14.0. The highest BCUT2D eigenvalue weighted by Gasteiger charge is 2.23. The number of halogens is 1. The van der Waals surface area contributed by atoms with Crippen molar-refractivity contribution >= 4 is 23.5 Å². The molecule has 3 aromatic rings. The summed E-state index contributed by atoms with van der Waals surface area (Å²) in [5.74, 6) is 1.71. The number of carbonyl (C=O) groups excluding carboxylic acids is 1. The average molecular weight is 415 g/mol. The number of anilines is 1. The fraction of sp³-hybridized carbons (Fsp3) is 0.263. The monoisotopic (exact) mass is 415 g/mol. The average Bonchev–Trinajstić information content (AvgIpc) is 3.26. The Hall–Kier alpha value is -3.14. The molecule has 0 aliphatic carbocycles. The highest BCUT2D eigenvalue weighted by atomic mass is 32.2. The number of benzene rings is 1. The summed E-state index contributed by atoms with van der Waals surface area (Å²) in [5.41, 5.74) is 2.47. The molecule has 0 fully saturated rings. The van der Waals surface area contributed by atoms with E-state index < -0.39 is 11.4 Å². The van der Waals surface area contributed by atoms with E-state index in [-0.39, 0.29) is 18.2 Å². The minimum atomic E-state index is -0.444. The smallest absolute Gasteiger partial charge is 0.267 e. The highest BCUT2D eigenvalue weighted by Crippen LogP contribution is 2.34. The number of aryl methyl sites for hydroxylation is 1. The number of fused-ring (bicyclic) bond motifs is 1. The Balaban J connectivity index is 1.59. The van der Waals surface area contributed by atoms with Crippen LogP contribution in [0.2, 0.25) is 0 Å². The van der Waals surface area contributed by atoms with Crippen molar-refractivity contribution < 1.29 is 13.9 Å². The predicted octanol–water partition coefficient (Wildman–Crippen LogP) is 2.18. The molecule has 150 valence electrons. The fourth-order valence-electron chi connectivity index (χ4n) is 3.19. The van der Waals surface area contributed by atoms with E-state index in [1.165, 1.54) is 37.4 Å². The molecule has 8 nitrogen and oxygen atoms in total. The maximum absolute atomic E-state index is 13.5. The molecule has 0 bridgehead atoms. The molecule has 1 aromatic carbocycles. The molecule has 1 amide bonds. The molecule has 0 saturated carbocycles. The number of aromatic nitrogens is 4. The third-order valence-corrected chi connectivity index (χ3v) is 5.54. The molecule has 0 spiro atoms. The van der Waals surface area contributed by atoms with Crippen LogP contribution in [0.3, 0.4) is 0 Å². The van der Waals surface area contributed by atoms with Crippen molar-refractivity contribution in [2.75, 3.05) is 12.4 Å². The summed E-state index contributed by atoms with van der Waals surface area (Å²) >= 11 is 1.74. The molecule has 1 N–H and O–H groups in total. The van der Waals surface area contributed by atoms with Gasteiger partial charge in [0.05, 0.1) is 18.5 Å². The van der Waals surface area contributed by atoms with Crippen LogP contribution in [0.4, 0.5) is 10.2 Å². The van der Waals surface area contributed by atoms with E-state index in [0.29, 0.717) is 17.1 Å². The van der Waals surface area contributed by atoms with Gasteiger partial charge < -0.3 is 10.1 Å². The second kappa shape index (κ2) is 7.70. The van der Waals surface area contributed by atoms with Gasteiger partial charge in [0.15, 0.2) is 0 Å². The van der Waals surface area contributed by atoms with E-state index in [1.54, 1.807) is 23.5 Å². The Labute approximate surface area is 169 Å². The van der Waals surface area contributed by atoms with Crippen LogP contribution in [0.25, 0.3) is 11.3 Å². The number of carbonyl (C=O) groups is 1. The molecule has 2 aromatic heterocycles. The SMILES string of the molecule is COc1cc(F)ccc1-c1ccc(=O)n(CC(=O)Nc2c3c(nn2C)CSC3)n1. The summed E-state index contributed by atoms with van der Waals surface area (Å²) in [5, 5.41) is 11.5. The number of methoxy groups -OCH3 is 1. The molecule has 0 atom stereocenters. The van der Waals surface area contributed by atoms with Gasteiger partial charge in [-0.3, -0.25) is 14.3 Å². The topological polar surface area (TPSA) is 91.0 Å². The van der Waals surface area contributed by atoms with E-state index in [1.807, 2.05) is 0 Å². The lowest BCUT2D eigenvalue weighted by atomic mass is 10.1. The van der Waals surface area contributed by atoms with Crippen molar-refractivity contribution in [1.29, 1.82) is 0 Å². The summed E-state index contributed by atoms with van der Waals surface area (Å²) < 4.78 is 21.4. The maximum atomic E-state index is 13.5. The first-order valence-corrected chi connectivity index (χ1v) is 9.96. The molecule has 1 aliphatic heterocycles. The van der Waals surface area contributed by atoms with Crippen LogP contribution in [-0.2, 0) is 29.9 Å². The fourth-order valence-corrected chi connectivity index (χ4v) is 4.22. The Morgan fingerprint density at radius 2 is 2.10 bits per heavy atom. The van der Waals surface area contributed by atoms with Crippen LogP contribution >= 0.6 is 11.8 Å². The Kier molecular flexibility index (Phi) is 5.10.